The van der Waals surface area contributed by atoms with Crippen molar-refractivity contribution in [3.63, 3.8) is 0 Å². The van der Waals surface area contributed by atoms with Gasteiger partial charge in [-0.1, -0.05) is 105 Å². The second-order valence-electron chi connectivity index (χ2n) is 15.3. The van der Waals surface area contributed by atoms with Crippen LogP contribution in [0.4, 0.5) is 22.1 Å². The lowest BCUT2D eigenvalue weighted by molar-refractivity contribution is -0.118. The molecule has 64 heavy (non-hydrogen) atoms. The highest BCUT2D eigenvalue weighted by Gasteiger charge is 2.48. The first-order valence-electron chi connectivity index (χ1n) is 20.7. The zero-order valence-corrected chi connectivity index (χ0v) is 35.9. The monoisotopic (exact) mass is 864 g/mol. The average Bonchev–Trinajstić information content (AvgIpc) is 3.90. The molecular formula is C49H48N6O9. The molecule has 7 aromatic rings. The summed E-state index contributed by atoms with van der Waals surface area (Å²) in [4.78, 5) is 42.3. The van der Waals surface area contributed by atoms with E-state index in [2.05, 4.69) is 20.3 Å². The quantitative estimate of drug-likeness (QED) is 0.0953. The van der Waals surface area contributed by atoms with Gasteiger partial charge in [-0.05, 0) is 65.2 Å². The summed E-state index contributed by atoms with van der Waals surface area (Å²) in [6.45, 7) is 3.34. The lowest BCUT2D eigenvalue weighted by atomic mass is 9.80. The van der Waals surface area contributed by atoms with Gasteiger partial charge < -0.3 is 33.5 Å². The molecule has 1 fully saturated rings. The Morgan fingerprint density at radius 1 is 0.766 bits per heavy atom. The van der Waals surface area contributed by atoms with Crippen molar-refractivity contribution >= 4 is 40.5 Å². The molecule has 2 amide bonds. The Kier molecular flexibility index (Phi) is 13.0. The molecule has 0 bridgehead atoms. The number of nitrogens with zero attached hydrogens (tertiary/aromatic N) is 5. The van der Waals surface area contributed by atoms with E-state index in [0.29, 0.717) is 22.9 Å². The third kappa shape index (κ3) is 8.61. The molecule has 1 saturated heterocycles. The molecule has 15 nitrogen and oxygen atoms in total. The second-order valence-corrected chi connectivity index (χ2v) is 15.3. The maximum Gasteiger partial charge on any atom is 0.425 e. The van der Waals surface area contributed by atoms with Crippen molar-refractivity contribution in [2.75, 3.05) is 38.2 Å². The Hall–Kier alpha value is -7.17. The minimum absolute atomic E-state index is 0.0896. The van der Waals surface area contributed by atoms with Gasteiger partial charge in [0.15, 0.2) is 17.4 Å². The summed E-state index contributed by atoms with van der Waals surface area (Å²) >= 11 is 0. The van der Waals surface area contributed by atoms with E-state index in [9.17, 15) is 14.7 Å². The Balaban J connectivity index is 1.16. The smallest absolute Gasteiger partial charge is 0.425 e. The number of benzene rings is 5. The van der Waals surface area contributed by atoms with Crippen LogP contribution in [0.3, 0.4) is 0 Å². The van der Waals surface area contributed by atoms with Crippen LogP contribution in [0.5, 0.6) is 17.4 Å². The fraction of sp³-hybridized carbons (Fsp3) is 0.245. The summed E-state index contributed by atoms with van der Waals surface area (Å²) in [7, 11) is 4.68. The van der Waals surface area contributed by atoms with E-state index in [-0.39, 0.29) is 35.5 Å². The normalized spacial score (nSPS) is 17.3. The van der Waals surface area contributed by atoms with Crippen LogP contribution in [-0.2, 0) is 24.6 Å². The largest absolute Gasteiger partial charge is 0.497 e. The number of carbonyl (C=O) groups is 2. The first kappa shape index (κ1) is 43.5. The number of aliphatic hydroxyl groups is 1. The molecule has 1 aliphatic rings. The van der Waals surface area contributed by atoms with Gasteiger partial charge in [-0.15, -0.1) is 0 Å². The molecule has 4 unspecified atom stereocenters. The van der Waals surface area contributed by atoms with Gasteiger partial charge >= 0.3 is 6.09 Å². The number of methoxy groups -OCH3 is 3. The summed E-state index contributed by atoms with van der Waals surface area (Å²) < 4.78 is 38.3. The number of carbonyl (C=O) groups excluding carboxylic acids is 2. The van der Waals surface area contributed by atoms with Gasteiger partial charge in [-0.2, -0.15) is 9.97 Å². The van der Waals surface area contributed by atoms with Crippen LogP contribution in [0.25, 0.3) is 11.2 Å². The van der Waals surface area contributed by atoms with Crippen LogP contribution in [0.15, 0.2) is 146 Å². The highest BCUT2D eigenvalue weighted by Crippen LogP contribution is 2.43. The number of para-hydroxylation sites is 2. The van der Waals surface area contributed by atoms with Crippen molar-refractivity contribution in [1.29, 1.82) is 0 Å². The van der Waals surface area contributed by atoms with E-state index in [1.165, 1.54) is 18.3 Å². The van der Waals surface area contributed by atoms with Crippen LogP contribution >= 0.6 is 0 Å². The van der Waals surface area contributed by atoms with Gasteiger partial charge in [0.05, 0.1) is 38.5 Å². The van der Waals surface area contributed by atoms with Crippen LogP contribution in [0, 0.1) is 5.92 Å². The van der Waals surface area contributed by atoms with Gasteiger partial charge in [0.1, 0.15) is 35.4 Å². The first-order chi connectivity index (χ1) is 31.1. The number of ether oxygens (including phenoxy) is 6. The van der Waals surface area contributed by atoms with Gasteiger partial charge in [-0.3, -0.25) is 14.7 Å². The average molecular weight is 865 g/mol. The summed E-state index contributed by atoms with van der Waals surface area (Å²) in [5, 5.41) is 14.7. The molecule has 1 aliphatic heterocycles. The molecule has 0 spiro atoms. The van der Waals surface area contributed by atoms with Gasteiger partial charge in [-0.25, -0.2) is 14.7 Å². The molecule has 3 heterocycles. The van der Waals surface area contributed by atoms with E-state index in [1.54, 1.807) is 56.9 Å². The van der Waals surface area contributed by atoms with Gasteiger partial charge in [0.25, 0.3) is 5.88 Å². The number of anilines is 3. The second kappa shape index (κ2) is 19.1. The van der Waals surface area contributed by atoms with E-state index in [1.807, 2.05) is 115 Å². The van der Waals surface area contributed by atoms with E-state index in [4.69, 9.17) is 28.4 Å². The molecule has 4 atom stereocenters. The number of aliphatic hydroxyl groups excluding tert-OH is 1. The zero-order chi connectivity index (χ0) is 44.8. The molecular weight excluding hydrogens is 817 g/mol. The number of amides is 2. The van der Waals surface area contributed by atoms with Crippen molar-refractivity contribution in [1.82, 2.24) is 19.5 Å². The molecule has 8 rings (SSSR count). The number of aromatic nitrogens is 4. The van der Waals surface area contributed by atoms with Crippen LogP contribution in [0.1, 0.15) is 36.8 Å². The Bertz CT molecular complexity index is 2580. The molecule has 5 aromatic carbocycles. The molecule has 2 aromatic heterocycles. The third-order valence-electron chi connectivity index (χ3n) is 11.0. The zero-order valence-electron chi connectivity index (χ0n) is 35.9. The SMILES string of the molecule is COc1ccc(C(OCC2OC(n3cnc4c(OC(=O)N(c5ccccc5)c5ccccc5)nc(NC(=O)C(C)C)nc43)C(OC)C2O)(c2ccccc2)c2ccc(OC)cc2)cc1. The number of hydrogen-bond donors (Lipinski definition) is 2. The van der Waals surface area contributed by atoms with Gasteiger partial charge in [0.2, 0.25) is 11.9 Å². The Morgan fingerprint density at radius 3 is 1.81 bits per heavy atom. The Morgan fingerprint density at radius 2 is 1.30 bits per heavy atom. The third-order valence-corrected chi connectivity index (χ3v) is 11.0. The highest BCUT2D eigenvalue weighted by molar-refractivity contribution is 5.98. The van der Waals surface area contributed by atoms with Crippen molar-refractivity contribution in [3.05, 3.63) is 163 Å². The number of hydrogen-bond acceptors (Lipinski definition) is 12. The number of fused-ring (bicyclic) bond motifs is 1. The van der Waals surface area contributed by atoms with Crippen LogP contribution in [-0.4, -0.2) is 82.9 Å². The highest BCUT2D eigenvalue weighted by atomic mass is 16.6. The molecule has 328 valence electrons. The maximum absolute atomic E-state index is 14.2. The fourth-order valence-corrected chi connectivity index (χ4v) is 7.72. The van der Waals surface area contributed by atoms with Crippen molar-refractivity contribution in [2.45, 2.75) is 44.0 Å². The van der Waals surface area contributed by atoms with Crippen LogP contribution < -0.4 is 24.4 Å². The first-order valence-corrected chi connectivity index (χ1v) is 20.7. The molecule has 15 heteroatoms. The number of imidazole rings is 1. The minimum Gasteiger partial charge on any atom is -0.497 e. The number of nitrogens with one attached hydrogen (secondary N) is 1. The topological polar surface area (TPSA) is 169 Å². The lowest BCUT2D eigenvalue weighted by Gasteiger charge is -2.37. The number of rotatable bonds is 15. The minimum atomic E-state index is -1.21. The Labute approximate surface area is 370 Å². The lowest BCUT2D eigenvalue weighted by Crippen LogP contribution is -2.40. The molecule has 0 radical (unpaired) electrons. The summed E-state index contributed by atoms with van der Waals surface area (Å²) in [6.07, 6.45) is -3.49. The molecule has 2 N–H and O–H groups in total. The summed E-state index contributed by atoms with van der Waals surface area (Å²) in [5.41, 5.74) is 2.53. The summed E-state index contributed by atoms with van der Waals surface area (Å²) in [5.74, 6) is 0.198. The van der Waals surface area contributed by atoms with E-state index in [0.717, 1.165) is 16.7 Å². The molecule has 0 aliphatic carbocycles. The maximum atomic E-state index is 14.2. The predicted molar refractivity (Wildman–Crippen MR) is 239 cm³/mol. The summed E-state index contributed by atoms with van der Waals surface area (Å²) in [6, 6.07) is 43.1. The van der Waals surface area contributed by atoms with E-state index >= 15 is 0 Å². The molecule has 0 saturated carbocycles. The van der Waals surface area contributed by atoms with Crippen molar-refractivity contribution in [2.24, 2.45) is 5.92 Å². The van der Waals surface area contributed by atoms with E-state index < -0.39 is 42.2 Å². The van der Waals surface area contributed by atoms with Crippen molar-refractivity contribution < 1.29 is 43.1 Å². The van der Waals surface area contributed by atoms with Gasteiger partial charge in [0, 0.05) is 13.0 Å². The standard InChI is InChI=1S/C49H48N6O9/c1-31(2)44(57)52-47-51-43-40(45(53-47)64-48(58)55(35-17-11-7-12-18-35)36-19-13-8-14-20-36)50-30-54(43)46-42(61-5)41(56)39(63-46)29-62-49(32-15-9-6-10-16-32,33-21-25-37(59-3)26-22-33)34-23-27-38(60-4)28-24-34/h6-28,30-31,39,41-42,46,56H,29H2,1-5H3,(H,51,52,53,57). The predicted octanol–water partition coefficient (Wildman–Crippen LogP) is 8.06. The van der Waals surface area contributed by atoms with Crippen molar-refractivity contribution in [3.8, 4) is 17.4 Å². The fourth-order valence-electron chi connectivity index (χ4n) is 7.72. The van der Waals surface area contributed by atoms with Crippen LogP contribution in [0.2, 0.25) is 0 Å².